The number of anilines is 1. The molecule has 0 unspecified atom stereocenters. The highest BCUT2D eigenvalue weighted by atomic mass is 16.2. The van der Waals surface area contributed by atoms with Gasteiger partial charge in [0.1, 0.15) is 6.29 Å². The second-order valence-corrected chi connectivity index (χ2v) is 5.73. The van der Waals surface area contributed by atoms with Gasteiger partial charge in [-0.15, -0.1) is 0 Å². The van der Waals surface area contributed by atoms with Crippen LogP contribution >= 0.6 is 0 Å². The van der Waals surface area contributed by atoms with Crippen molar-refractivity contribution in [3.63, 3.8) is 0 Å². The molecule has 3 rings (SSSR count). The van der Waals surface area contributed by atoms with Crippen molar-refractivity contribution in [2.75, 3.05) is 19.0 Å². The normalized spacial score (nSPS) is 11.6. The molecule has 1 aliphatic rings. The molecule has 1 amide bonds. The number of hydrogen-bond acceptors (Lipinski definition) is 3. The first-order valence-corrected chi connectivity index (χ1v) is 8.62. The predicted molar refractivity (Wildman–Crippen MR) is 104 cm³/mol. The van der Waals surface area contributed by atoms with Crippen molar-refractivity contribution in [1.29, 1.82) is 0 Å². The fourth-order valence-electron chi connectivity index (χ4n) is 2.37. The summed E-state index contributed by atoms with van der Waals surface area (Å²) in [6.45, 7) is 2.64. The summed E-state index contributed by atoms with van der Waals surface area (Å²) in [6.07, 6.45) is 3.15. The average Bonchev–Trinajstić information content (AvgIpc) is 2.94. The Morgan fingerprint density at radius 2 is 1.64 bits per heavy atom. The fourth-order valence-corrected chi connectivity index (χ4v) is 2.37. The molecule has 1 aliphatic heterocycles. The van der Waals surface area contributed by atoms with Crippen molar-refractivity contribution in [2.24, 2.45) is 0 Å². The van der Waals surface area contributed by atoms with Crippen molar-refractivity contribution < 1.29 is 9.59 Å². The number of benzene rings is 2. The molecule has 1 heterocycles. The van der Waals surface area contributed by atoms with Gasteiger partial charge in [0, 0.05) is 12.1 Å². The van der Waals surface area contributed by atoms with Gasteiger partial charge in [0.25, 0.3) is 0 Å². The third-order valence-corrected chi connectivity index (χ3v) is 3.52. The SMILES string of the molecule is CCCC=O.CNC.O=C1Cc2ccccc2N1Cc1ccccc1. The van der Waals surface area contributed by atoms with Crippen LogP contribution in [0.1, 0.15) is 30.9 Å². The molecular formula is C21H28N2O2. The fraction of sp³-hybridized carbons (Fsp3) is 0.333. The first-order valence-electron chi connectivity index (χ1n) is 8.62. The predicted octanol–water partition coefficient (Wildman–Crippen LogP) is 3.60. The van der Waals surface area contributed by atoms with Crippen LogP contribution in [0, 0.1) is 0 Å². The van der Waals surface area contributed by atoms with Gasteiger partial charge in [0.05, 0.1) is 13.0 Å². The summed E-state index contributed by atoms with van der Waals surface area (Å²) in [5.41, 5.74) is 3.35. The molecule has 0 aromatic heterocycles. The van der Waals surface area contributed by atoms with Crippen molar-refractivity contribution >= 4 is 17.9 Å². The van der Waals surface area contributed by atoms with Gasteiger partial charge in [-0.25, -0.2) is 0 Å². The number of aldehydes is 1. The van der Waals surface area contributed by atoms with Gasteiger partial charge < -0.3 is 15.0 Å². The van der Waals surface area contributed by atoms with E-state index < -0.39 is 0 Å². The lowest BCUT2D eigenvalue weighted by molar-refractivity contribution is -0.117. The van der Waals surface area contributed by atoms with E-state index in [0.717, 1.165) is 29.5 Å². The Balaban J connectivity index is 0.000000333. The molecule has 0 spiro atoms. The highest BCUT2D eigenvalue weighted by molar-refractivity contribution is 6.01. The molecule has 0 radical (unpaired) electrons. The van der Waals surface area contributed by atoms with Gasteiger partial charge in [-0.1, -0.05) is 55.5 Å². The molecule has 0 aliphatic carbocycles. The summed E-state index contributed by atoms with van der Waals surface area (Å²) in [5, 5.41) is 2.75. The monoisotopic (exact) mass is 340 g/mol. The maximum Gasteiger partial charge on any atom is 0.231 e. The van der Waals surface area contributed by atoms with Gasteiger partial charge in [-0.3, -0.25) is 4.79 Å². The molecule has 0 atom stereocenters. The van der Waals surface area contributed by atoms with E-state index in [2.05, 4.69) is 5.32 Å². The van der Waals surface area contributed by atoms with Gasteiger partial charge >= 0.3 is 0 Å². The first-order chi connectivity index (χ1) is 12.2. The quantitative estimate of drug-likeness (QED) is 0.865. The Labute approximate surface area is 150 Å². The zero-order valence-corrected chi connectivity index (χ0v) is 15.4. The molecule has 4 heteroatoms. The molecule has 0 saturated heterocycles. The lowest BCUT2D eigenvalue weighted by Gasteiger charge is -2.17. The summed E-state index contributed by atoms with van der Waals surface area (Å²) in [7, 11) is 3.75. The minimum atomic E-state index is 0.190. The molecule has 25 heavy (non-hydrogen) atoms. The number of hydrogen-bond donors (Lipinski definition) is 1. The minimum absolute atomic E-state index is 0.190. The largest absolute Gasteiger partial charge is 0.323 e. The third kappa shape index (κ3) is 6.89. The van der Waals surface area contributed by atoms with E-state index in [1.165, 1.54) is 0 Å². The highest BCUT2D eigenvalue weighted by Crippen LogP contribution is 2.29. The third-order valence-electron chi connectivity index (χ3n) is 3.52. The van der Waals surface area contributed by atoms with Crippen LogP contribution in [-0.4, -0.2) is 26.3 Å². The Bertz CT molecular complexity index is 641. The molecule has 2 aromatic rings. The van der Waals surface area contributed by atoms with E-state index >= 15 is 0 Å². The van der Waals surface area contributed by atoms with Crippen molar-refractivity contribution in [3.8, 4) is 0 Å². The van der Waals surface area contributed by atoms with Crippen LogP contribution in [0.15, 0.2) is 54.6 Å². The molecule has 4 nitrogen and oxygen atoms in total. The lowest BCUT2D eigenvalue weighted by atomic mass is 10.1. The van der Waals surface area contributed by atoms with Crippen LogP contribution in [0.3, 0.4) is 0 Å². The zero-order valence-electron chi connectivity index (χ0n) is 15.4. The number of carbonyl (C=O) groups excluding carboxylic acids is 2. The molecule has 0 saturated carbocycles. The van der Waals surface area contributed by atoms with Crippen LogP contribution in [-0.2, 0) is 22.6 Å². The number of amides is 1. The number of para-hydroxylation sites is 1. The van der Waals surface area contributed by atoms with Crippen LogP contribution in [0.4, 0.5) is 5.69 Å². The van der Waals surface area contributed by atoms with E-state index in [4.69, 9.17) is 0 Å². The van der Waals surface area contributed by atoms with Gasteiger partial charge in [-0.2, -0.15) is 0 Å². The summed E-state index contributed by atoms with van der Waals surface area (Å²) in [5.74, 6) is 0.190. The number of unbranched alkanes of at least 4 members (excludes halogenated alkanes) is 1. The van der Waals surface area contributed by atoms with Gasteiger partial charge in [-0.05, 0) is 37.7 Å². The van der Waals surface area contributed by atoms with Crippen molar-refractivity contribution in [3.05, 3.63) is 65.7 Å². The summed E-state index contributed by atoms with van der Waals surface area (Å²) in [4.78, 5) is 23.2. The maximum atomic E-state index is 12.0. The highest BCUT2D eigenvalue weighted by Gasteiger charge is 2.26. The summed E-state index contributed by atoms with van der Waals surface area (Å²) >= 11 is 0. The van der Waals surface area contributed by atoms with E-state index in [0.29, 0.717) is 19.4 Å². The standard InChI is InChI=1S/C15H13NO.C4H8O.C2H7N/c17-15-10-13-8-4-5-9-14(13)16(15)11-12-6-2-1-3-7-12;1-2-3-4-5;1-3-2/h1-9H,10-11H2;4H,2-3H2,1H3;3H,1-2H3. The van der Waals surface area contributed by atoms with E-state index in [9.17, 15) is 9.59 Å². The summed E-state index contributed by atoms with van der Waals surface area (Å²) in [6, 6.07) is 18.1. The van der Waals surface area contributed by atoms with Crippen LogP contribution in [0.25, 0.3) is 0 Å². The number of nitrogens with one attached hydrogen (secondary N) is 1. The lowest BCUT2D eigenvalue weighted by Crippen LogP contribution is -2.25. The smallest absolute Gasteiger partial charge is 0.231 e. The number of rotatable bonds is 4. The first kappa shape index (κ1) is 20.6. The molecule has 2 aromatic carbocycles. The Kier molecular flexibility index (Phi) is 9.87. The number of carbonyl (C=O) groups is 2. The second-order valence-electron chi connectivity index (χ2n) is 5.73. The van der Waals surface area contributed by atoms with Crippen LogP contribution in [0.5, 0.6) is 0 Å². The topological polar surface area (TPSA) is 49.4 Å². The van der Waals surface area contributed by atoms with Gasteiger partial charge in [0.2, 0.25) is 5.91 Å². The molecule has 134 valence electrons. The number of fused-ring (bicyclic) bond motifs is 1. The molecule has 1 N–H and O–H groups in total. The molecular weight excluding hydrogens is 312 g/mol. The molecule has 0 bridgehead atoms. The summed E-state index contributed by atoms with van der Waals surface area (Å²) < 4.78 is 0. The zero-order chi connectivity index (χ0) is 18.5. The molecule has 0 fully saturated rings. The van der Waals surface area contributed by atoms with E-state index in [-0.39, 0.29) is 5.91 Å². The van der Waals surface area contributed by atoms with E-state index in [1.807, 2.05) is 80.5 Å². The van der Waals surface area contributed by atoms with Crippen molar-refractivity contribution in [1.82, 2.24) is 5.32 Å². The van der Waals surface area contributed by atoms with Crippen molar-refractivity contribution in [2.45, 2.75) is 32.7 Å². The average molecular weight is 340 g/mol. The Hall–Kier alpha value is -2.46. The minimum Gasteiger partial charge on any atom is -0.323 e. The number of nitrogens with zero attached hydrogens (tertiary/aromatic N) is 1. The second kappa shape index (κ2) is 12.0. The Morgan fingerprint density at radius 3 is 2.20 bits per heavy atom. The maximum absolute atomic E-state index is 12.0. The van der Waals surface area contributed by atoms with Crippen LogP contribution < -0.4 is 10.2 Å². The van der Waals surface area contributed by atoms with Gasteiger partial charge in [0.15, 0.2) is 0 Å². The Morgan fingerprint density at radius 1 is 1.04 bits per heavy atom. The van der Waals surface area contributed by atoms with E-state index in [1.54, 1.807) is 0 Å². The van der Waals surface area contributed by atoms with Crippen LogP contribution in [0.2, 0.25) is 0 Å².